The molecule has 6 aliphatic heterocycles. The average molecular weight is 788 g/mol. The fourth-order valence-corrected chi connectivity index (χ4v) is 9.68. The van der Waals surface area contributed by atoms with Gasteiger partial charge in [0.25, 0.3) is 17.7 Å². The minimum atomic E-state index is -0.835. The van der Waals surface area contributed by atoms with Crippen molar-refractivity contribution in [1.29, 1.82) is 0 Å². The number of likely N-dealkylation sites (N-methyl/N-ethyl adjacent to an activating group) is 1. The number of rotatable bonds is 8. The van der Waals surface area contributed by atoms with Crippen molar-refractivity contribution in [2.75, 3.05) is 79.4 Å². The Hall–Kier alpha value is -6.19. The van der Waals surface area contributed by atoms with Gasteiger partial charge in [-0.05, 0) is 92.8 Å². The first-order chi connectivity index (χ1) is 28.0. The SMILES string of the molecule is C=C1CCC(N2C(=O)c3ccc(N4CC[C@@H]5CCN(c6ccc(Nc7nc(N8CCC[C@@H](N9CCN(C)C9=O)C8)cnc7C(N)=O)cc6)C[C@H]5C4)cc3C2=O)C(=O)N1. The summed E-state index contributed by atoms with van der Waals surface area (Å²) in [5.74, 6) is 0.0168. The highest BCUT2D eigenvalue weighted by atomic mass is 16.2. The lowest BCUT2D eigenvalue weighted by atomic mass is 9.79. The number of allylic oxidation sites excluding steroid dienone is 1. The van der Waals surface area contributed by atoms with Crippen LogP contribution in [0.15, 0.2) is 60.9 Å². The zero-order chi connectivity index (χ0) is 40.2. The maximum absolute atomic E-state index is 13.6. The Morgan fingerprint density at radius 1 is 0.828 bits per heavy atom. The molecule has 0 bridgehead atoms. The van der Waals surface area contributed by atoms with Crippen molar-refractivity contribution in [3.63, 3.8) is 0 Å². The second kappa shape index (κ2) is 15.0. The van der Waals surface area contributed by atoms with Crippen LogP contribution in [0.2, 0.25) is 0 Å². The molecule has 5 saturated heterocycles. The van der Waals surface area contributed by atoms with Crippen LogP contribution in [0.4, 0.5) is 33.5 Å². The van der Waals surface area contributed by atoms with Crippen molar-refractivity contribution in [1.82, 2.24) is 30.0 Å². The number of nitrogens with two attached hydrogens (primary N) is 1. The Bertz CT molecular complexity index is 2200. The summed E-state index contributed by atoms with van der Waals surface area (Å²) in [4.78, 5) is 85.6. The first kappa shape index (κ1) is 37.4. The topological polar surface area (TPSA) is 181 Å². The number of imide groups is 1. The first-order valence-corrected chi connectivity index (χ1v) is 20.3. The summed E-state index contributed by atoms with van der Waals surface area (Å²) in [5, 5.41) is 5.98. The number of hydrogen-bond donors (Lipinski definition) is 3. The Morgan fingerprint density at radius 3 is 2.26 bits per heavy atom. The predicted molar refractivity (Wildman–Crippen MR) is 218 cm³/mol. The second-order valence-corrected chi connectivity index (χ2v) is 16.4. The van der Waals surface area contributed by atoms with E-state index in [1.165, 1.54) is 0 Å². The predicted octanol–water partition coefficient (Wildman–Crippen LogP) is 3.40. The number of anilines is 5. The fourth-order valence-electron chi connectivity index (χ4n) is 9.68. The van der Waals surface area contributed by atoms with Gasteiger partial charge in [0, 0.05) is 82.2 Å². The van der Waals surface area contributed by atoms with E-state index in [2.05, 4.69) is 49.0 Å². The monoisotopic (exact) mass is 787 g/mol. The molecular formula is C42H49N11O5. The van der Waals surface area contributed by atoms with E-state index in [1.807, 2.05) is 36.2 Å². The van der Waals surface area contributed by atoms with Gasteiger partial charge in [-0.2, -0.15) is 0 Å². The zero-order valence-corrected chi connectivity index (χ0v) is 32.7. The molecule has 3 aromatic rings. The Kier molecular flexibility index (Phi) is 9.64. The number of fused-ring (bicyclic) bond motifs is 2. The van der Waals surface area contributed by atoms with Crippen LogP contribution >= 0.6 is 0 Å². The number of urea groups is 1. The standard InChI is InChI=1S/C42H49N11O5/c1-25-5-12-34(39(55)45-25)53-40(56)32-11-10-30(20-33(32)41(53)57)50-17-14-26-13-16-49(22-27(26)23-50)29-8-6-28(7-9-29)46-38-36(37(43)54)44-21-35(47-38)51-15-3-4-31(24-51)52-19-18-48(2)42(52)58/h6-11,20-21,26-27,31,34H,1,3-5,12-19,22-24H2,2H3,(H2,43,54)(H,45,55)(H,46,47)/t26-,27-,31+,34?/m0/s1. The van der Waals surface area contributed by atoms with E-state index in [1.54, 1.807) is 17.2 Å². The smallest absolute Gasteiger partial charge is 0.320 e. The summed E-state index contributed by atoms with van der Waals surface area (Å²) in [6.07, 6.45) is 6.43. The van der Waals surface area contributed by atoms with Crippen LogP contribution in [0.5, 0.6) is 0 Å². The van der Waals surface area contributed by atoms with Crippen molar-refractivity contribution in [2.45, 2.75) is 50.6 Å². The molecule has 6 amide bonds. The van der Waals surface area contributed by atoms with E-state index in [9.17, 15) is 24.0 Å². The molecule has 0 saturated carbocycles. The van der Waals surface area contributed by atoms with Gasteiger partial charge >= 0.3 is 6.03 Å². The molecule has 9 rings (SSSR count). The summed E-state index contributed by atoms with van der Waals surface area (Å²) >= 11 is 0. The number of carbonyl (C=O) groups is 5. The van der Waals surface area contributed by atoms with Crippen LogP contribution in [-0.4, -0.2) is 126 Å². The van der Waals surface area contributed by atoms with Gasteiger partial charge < -0.3 is 40.9 Å². The van der Waals surface area contributed by atoms with E-state index in [0.717, 1.165) is 86.9 Å². The van der Waals surface area contributed by atoms with Crippen LogP contribution in [0.1, 0.15) is 69.7 Å². The van der Waals surface area contributed by atoms with Crippen LogP contribution in [0.25, 0.3) is 0 Å². The molecule has 16 heteroatoms. The molecule has 5 fully saturated rings. The van der Waals surface area contributed by atoms with Gasteiger partial charge in [0.1, 0.15) is 11.9 Å². The first-order valence-electron chi connectivity index (χ1n) is 20.3. The average Bonchev–Trinajstić information content (AvgIpc) is 3.70. The summed E-state index contributed by atoms with van der Waals surface area (Å²) in [5.41, 5.74) is 9.82. The summed E-state index contributed by atoms with van der Waals surface area (Å²) in [7, 11) is 1.83. The molecule has 1 unspecified atom stereocenters. The second-order valence-electron chi connectivity index (χ2n) is 16.4. The molecule has 1 aromatic heterocycles. The number of nitrogens with zero attached hydrogens (tertiary/aromatic N) is 8. The maximum atomic E-state index is 13.6. The number of carbonyl (C=O) groups excluding carboxylic acids is 5. The summed E-state index contributed by atoms with van der Waals surface area (Å²) in [6, 6.07) is 12.9. The van der Waals surface area contributed by atoms with Gasteiger partial charge in [0.05, 0.1) is 23.4 Å². The zero-order valence-electron chi connectivity index (χ0n) is 32.7. The lowest BCUT2D eigenvalue weighted by molar-refractivity contribution is -0.125. The van der Waals surface area contributed by atoms with Gasteiger partial charge in [-0.15, -0.1) is 0 Å². The van der Waals surface area contributed by atoms with E-state index in [0.29, 0.717) is 60.4 Å². The third-order valence-electron chi connectivity index (χ3n) is 12.9. The Labute approximate surface area is 337 Å². The number of piperidine rings is 4. The van der Waals surface area contributed by atoms with Crippen molar-refractivity contribution in [3.05, 3.63) is 77.8 Å². The molecule has 4 atom stereocenters. The lowest BCUT2D eigenvalue weighted by Crippen LogP contribution is -2.51. The number of primary amides is 1. The fraction of sp³-hybridized carbons (Fsp3) is 0.452. The molecule has 302 valence electrons. The molecular weight excluding hydrogens is 739 g/mol. The van der Waals surface area contributed by atoms with Crippen LogP contribution < -0.4 is 31.1 Å². The third-order valence-corrected chi connectivity index (χ3v) is 12.9. The molecule has 2 aromatic carbocycles. The minimum Gasteiger partial charge on any atom is -0.371 e. The molecule has 0 aliphatic carbocycles. The molecule has 58 heavy (non-hydrogen) atoms. The number of hydrogen-bond acceptors (Lipinski definition) is 11. The quantitative estimate of drug-likeness (QED) is 0.285. The summed E-state index contributed by atoms with van der Waals surface area (Å²) in [6.45, 7) is 10.2. The Morgan fingerprint density at radius 2 is 1.55 bits per heavy atom. The highest BCUT2D eigenvalue weighted by molar-refractivity contribution is 6.23. The van der Waals surface area contributed by atoms with Gasteiger partial charge in [0.15, 0.2) is 11.5 Å². The molecule has 0 spiro atoms. The van der Waals surface area contributed by atoms with E-state index >= 15 is 0 Å². The minimum absolute atomic E-state index is 0.0552. The van der Waals surface area contributed by atoms with Crippen LogP contribution in [-0.2, 0) is 4.79 Å². The number of amides is 6. The highest BCUT2D eigenvalue weighted by Gasteiger charge is 2.44. The molecule has 0 radical (unpaired) electrons. The van der Waals surface area contributed by atoms with E-state index in [4.69, 9.17) is 10.7 Å². The van der Waals surface area contributed by atoms with Crippen LogP contribution in [0, 0.1) is 11.8 Å². The Balaban J connectivity index is 0.852. The molecule has 16 nitrogen and oxygen atoms in total. The number of aromatic nitrogens is 2. The highest BCUT2D eigenvalue weighted by Crippen LogP contribution is 2.38. The van der Waals surface area contributed by atoms with Gasteiger partial charge in [-0.3, -0.25) is 24.1 Å². The molecule has 7 heterocycles. The summed E-state index contributed by atoms with van der Waals surface area (Å²) < 4.78 is 0. The van der Waals surface area contributed by atoms with Crippen molar-refractivity contribution < 1.29 is 24.0 Å². The normalized spacial score (nSPS) is 24.9. The van der Waals surface area contributed by atoms with Crippen LogP contribution in [0.3, 0.4) is 0 Å². The van der Waals surface area contributed by atoms with Crippen molar-refractivity contribution >= 4 is 58.4 Å². The lowest BCUT2D eigenvalue weighted by Gasteiger charge is -2.46. The third kappa shape index (κ3) is 6.83. The van der Waals surface area contributed by atoms with Crippen molar-refractivity contribution in [2.24, 2.45) is 17.6 Å². The van der Waals surface area contributed by atoms with Gasteiger partial charge in [0.2, 0.25) is 5.91 Å². The molecule has 6 aliphatic rings. The van der Waals surface area contributed by atoms with Gasteiger partial charge in [-0.1, -0.05) is 6.58 Å². The van der Waals surface area contributed by atoms with Crippen molar-refractivity contribution in [3.8, 4) is 0 Å². The maximum Gasteiger partial charge on any atom is 0.320 e. The van der Waals surface area contributed by atoms with E-state index in [-0.39, 0.29) is 29.5 Å². The largest absolute Gasteiger partial charge is 0.371 e. The molecule has 4 N–H and O–H groups in total. The number of nitrogens with one attached hydrogen (secondary N) is 2. The number of benzene rings is 2. The van der Waals surface area contributed by atoms with E-state index < -0.39 is 23.8 Å². The van der Waals surface area contributed by atoms with Gasteiger partial charge in [-0.25, -0.2) is 14.8 Å².